The molecule has 18 heavy (non-hydrogen) atoms. The molecule has 1 aliphatic heterocycles. The number of rotatable bonds is 1. The van der Waals surface area contributed by atoms with Gasteiger partial charge >= 0.3 is 0 Å². The molecule has 1 aromatic rings. The smallest absolute Gasteiger partial charge is 0.145 e. The first-order valence-corrected chi connectivity index (χ1v) is 7.14. The molecule has 98 valence electrons. The average molecular weight is 287 g/mol. The van der Waals surface area contributed by atoms with Crippen molar-refractivity contribution in [1.82, 2.24) is 4.98 Å². The van der Waals surface area contributed by atoms with Crippen LogP contribution in [0.5, 0.6) is 5.75 Å². The van der Waals surface area contributed by atoms with Crippen molar-refractivity contribution in [3.63, 3.8) is 0 Å². The summed E-state index contributed by atoms with van der Waals surface area (Å²) in [7, 11) is -1.28. The first-order chi connectivity index (χ1) is 8.38. The average Bonchev–Trinajstić information content (AvgIpc) is 2.27. The van der Waals surface area contributed by atoms with E-state index in [0.717, 1.165) is 11.3 Å². The summed E-state index contributed by atoms with van der Waals surface area (Å²) in [5, 5.41) is 0.381. The fourth-order valence-electron chi connectivity index (χ4n) is 1.47. The van der Waals surface area contributed by atoms with E-state index in [0.29, 0.717) is 23.9 Å². The van der Waals surface area contributed by atoms with E-state index in [9.17, 15) is 4.21 Å². The van der Waals surface area contributed by atoms with E-state index in [1.54, 1.807) is 12.3 Å². The molecule has 0 radical (unpaired) electrons. The Labute approximate surface area is 114 Å². The van der Waals surface area contributed by atoms with E-state index >= 15 is 0 Å². The van der Waals surface area contributed by atoms with Crippen molar-refractivity contribution in [2.24, 2.45) is 4.40 Å². The van der Waals surface area contributed by atoms with E-state index in [-0.39, 0.29) is 4.75 Å². The van der Waals surface area contributed by atoms with Crippen molar-refractivity contribution < 1.29 is 8.95 Å². The fourth-order valence-corrected chi connectivity index (χ4v) is 2.28. The molecule has 1 atom stereocenters. The van der Waals surface area contributed by atoms with Gasteiger partial charge in [-0.25, -0.2) is 9.19 Å². The number of hydrogen-bond donors (Lipinski definition) is 0. The van der Waals surface area contributed by atoms with Crippen LogP contribution in [0.25, 0.3) is 0 Å². The molecule has 0 aromatic carbocycles. The summed E-state index contributed by atoms with van der Waals surface area (Å²) in [5.74, 6) is 0.658. The van der Waals surface area contributed by atoms with Gasteiger partial charge < -0.3 is 4.74 Å². The second-order valence-corrected chi connectivity index (χ2v) is 7.29. The molecular formula is C12H15ClN2O2S. The topological polar surface area (TPSA) is 51.5 Å². The molecule has 0 bridgehead atoms. The fraction of sp³-hybridized carbons (Fsp3) is 0.500. The van der Waals surface area contributed by atoms with Crippen LogP contribution >= 0.6 is 11.6 Å². The lowest BCUT2D eigenvalue weighted by Crippen LogP contribution is -2.23. The van der Waals surface area contributed by atoms with E-state index < -0.39 is 11.0 Å². The first kappa shape index (κ1) is 13.5. The second kappa shape index (κ2) is 4.97. The third-order valence-electron chi connectivity index (χ3n) is 2.46. The Morgan fingerprint density at radius 2 is 2.22 bits per heavy atom. The zero-order chi connectivity index (χ0) is 13.3. The minimum absolute atomic E-state index is 0.370. The molecule has 0 aliphatic carbocycles. The molecule has 1 aromatic heterocycles. The molecule has 0 saturated carbocycles. The normalized spacial score (nSPS) is 19.2. The van der Waals surface area contributed by atoms with Crippen LogP contribution < -0.4 is 4.74 Å². The number of aromatic nitrogens is 1. The van der Waals surface area contributed by atoms with Crippen LogP contribution in [0.3, 0.4) is 0 Å². The van der Waals surface area contributed by atoms with E-state index in [1.807, 2.05) is 20.8 Å². The molecule has 0 spiro atoms. The van der Waals surface area contributed by atoms with Crippen LogP contribution in [-0.4, -0.2) is 26.3 Å². The number of nitrogens with zero attached hydrogens (tertiary/aromatic N) is 2. The number of pyridine rings is 1. The molecule has 4 nitrogen and oxygen atoms in total. The molecule has 0 fully saturated rings. The maximum atomic E-state index is 12.0. The van der Waals surface area contributed by atoms with Crippen LogP contribution in [0.2, 0.25) is 5.15 Å². The Morgan fingerprint density at radius 3 is 2.89 bits per heavy atom. The van der Waals surface area contributed by atoms with Crippen molar-refractivity contribution in [2.45, 2.75) is 31.9 Å². The molecule has 0 amide bonds. The summed E-state index contributed by atoms with van der Waals surface area (Å²) in [6.45, 7) is 6.21. The largest absolute Gasteiger partial charge is 0.492 e. The summed E-state index contributed by atoms with van der Waals surface area (Å²) < 4.78 is 21.5. The summed E-state index contributed by atoms with van der Waals surface area (Å²) >= 11 is 5.81. The highest BCUT2D eigenvalue weighted by molar-refractivity contribution is 7.85. The third kappa shape index (κ3) is 2.90. The number of ether oxygens (including phenoxy) is 1. The number of hydrogen-bond acceptors (Lipinski definition) is 3. The molecule has 2 heterocycles. The van der Waals surface area contributed by atoms with Crippen LogP contribution in [-0.2, 0) is 11.0 Å². The maximum absolute atomic E-state index is 12.0. The van der Waals surface area contributed by atoms with E-state index in [2.05, 4.69) is 9.38 Å². The maximum Gasteiger partial charge on any atom is 0.145 e. The zero-order valence-electron chi connectivity index (χ0n) is 10.6. The molecule has 2 rings (SSSR count). The Kier molecular flexibility index (Phi) is 3.73. The van der Waals surface area contributed by atoms with Crippen molar-refractivity contribution in [3.8, 4) is 5.75 Å². The predicted molar refractivity (Wildman–Crippen MR) is 73.8 cm³/mol. The summed E-state index contributed by atoms with van der Waals surface area (Å²) in [4.78, 5) is 4.02. The highest BCUT2D eigenvalue weighted by atomic mass is 35.5. The SMILES string of the molecule is CC(C)(C)S(=O)/N=C1\CCOc2cc(Cl)ncc21. The first-order valence-electron chi connectivity index (χ1n) is 5.66. The van der Waals surface area contributed by atoms with Gasteiger partial charge in [0.05, 0.1) is 22.6 Å². The molecule has 1 unspecified atom stereocenters. The van der Waals surface area contributed by atoms with Gasteiger partial charge in [0.1, 0.15) is 21.9 Å². The van der Waals surface area contributed by atoms with Gasteiger partial charge in [0, 0.05) is 18.7 Å². The zero-order valence-corrected chi connectivity index (χ0v) is 12.1. The lowest BCUT2D eigenvalue weighted by atomic mass is 10.1. The summed E-state index contributed by atoms with van der Waals surface area (Å²) in [5.41, 5.74) is 1.55. The van der Waals surface area contributed by atoms with Crippen molar-refractivity contribution in [2.75, 3.05) is 6.61 Å². The minimum Gasteiger partial charge on any atom is -0.492 e. The second-order valence-electron chi connectivity index (χ2n) is 5.00. The van der Waals surface area contributed by atoms with Crippen molar-refractivity contribution in [1.29, 1.82) is 0 Å². The number of fused-ring (bicyclic) bond motifs is 1. The van der Waals surface area contributed by atoms with Gasteiger partial charge in [-0.2, -0.15) is 4.40 Å². The molecule has 0 saturated heterocycles. The van der Waals surface area contributed by atoms with Crippen molar-refractivity contribution >= 4 is 28.3 Å². The highest BCUT2D eigenvalue weighted by Gasteiger charge is 2.23. The van der Waals surface area contributed by atoms with Gasteiger partial charge in [0.15, 0.2) is 0 Å². The molecular weight excluding hydrogens is 272 g/mol. The van der Waals surface area contributed by atoms with Crippen molar-refractivity contribution in [3.05, 3.63) is 23.0 Å². The monoisotopic (exact) mass is 286 g/mol. The van der Waals surface area contributed by atoms with Gasteiger partial charge in [-0.15, -0.1) is 0 Å². The van der Waals surface area contributed by atoms with Gasteiger partial charge in [0.25, 0.3) is 0 Å². The van der Waals surface area contributed by atoms with E-state index in [1.165, 1.54) is 0 Å². The standard InChI is InChI=1S/C12H15ClN2O2S/c1-12(2,3)18(16)15-9-4-5-17-10-6-11(13)14-7-8(9)10/h6-7H,4-5H2,1-3H3/b15-9+. The Morgan fingerprint density at radius 1 is 1.50 bits per heavy atom. The Balaban J connectivity index is 2.39. The third-order valence-corrected chi connectivity index (χ3v) is 4.10. The van der Waals surface area contributed by atoms with Gasteiger partial charge in [-0.1, -0.05) is 11.6 Å². The highest BCUT2D eigenvalue weighted by Crippen LogP contribution is 2.27. The summed E-state index contributed by atoms with van der Waals surface area (Å²) in [6, 6.07) is 1.66. The molecule has 1 aliphatic rings. The van der Waals surface area contributed by atoms with Gasteiger partial charge in [-0.05, 0) is 20.8 Å². The lowest BCUT2D eigenvalue weighted by molar-refractivity contribution is 0.320. The van der Waals surface area contributed by atoms with Crippen LogP contribution in [0.4, 0.5) is 0 Å². The minimum atomic E-state index is -1.28. The van der Waals surface area contributed by atoms with Gasteiger partial charge in [0.2, 0.25) is 0 Å². The molecule has 0 N–H and O–H groups in total. The Hall–Kier alpha value is -0.940. The number of halogens is 1. The lowest BCUT2D eigenvalue weighted by Gasteiger charge is -2.20. The predicted octanol–water partition coefficient (Wildman–Crippen LogP) is 2.77. The molecule has 6 heteroatoms. The Bertz CT molecular complexity index is 523. The van der Waals surface area contributed by atoms with E-state index in [4.69, 9.17) is 16.3 Å². The quantitative estimate of drug-likeness (QED) is 0.746. The van der Waals surface area contributed by atoms with Crippen LogP contribution in [0.1, 0.15) is 32.8 Å². The van der Waals surface area contributed by atoms with Crippen LogP contribution in [0, 0.1) is 0 Å². The summed E-state index contributed by atoms with van der Waals surface area (Å²) in [6.07, 6.45) is 2.26. The van der Waals surface area contributed by atoms with Crippen LogP contribution in [0.15, 0.2) is 16.7 Å². The van der Waals surface area contributed by atoms with Gasteiger partial charge in [-0.3, -0.25) is 0 Å².